The largest absolute Gasteiger partial charge is 0.265 e. The molecule has 0 radical (unpaired) electrons. The molecule has 10 aliphatic heterocycles. The molecule has 4 atom stereocenters. The molecule has 0 N–H and O–H groups in total. The van der Waals surface area contributed by atoms with E-state index < -0.39 is 6.51 Å². The third-order valence-corrected chi connectivity index (χ3v) is 58.2. The Morgan fingerprint density at radius 3 is 1.47 bits per heavy atom. The zero-order valence-electron chi connectivity index (χ0n) is 10.7. The average Bonchev–Trinajstić information content (AvgIpc) is 3.41. The molecule has 0 saturated carbocycles. The number of hydrogen-bond acceptors (Lipinski definition) is 1. The Kier molecular flexibility index (Phi) is 0.257. The van der Waals surface area contributed by atoms with E-state index in [9.17, 15) is 0 Å². The summed E-state index contributed by atoms with van der Waals surface area (Å²) >= 11 is 0. The molecule has 10 fully saturated rings. The second-order valence-corrected chi connectivity index (χ2v) is 34.6. The summed E-state index contributed by atoms with van der Waals surface area (Å²) in [7, 11) is 0. The summed E-state index contributed by atoms with van der Waals surface area (Å²) in [6.45, 7) is 1.67. The maximum Gasteiger partial charge on any atom is 0.0267 e. The molecule has 98 valence electrons. The van der Waals surface area contributed by atoms with E-state index in [1.165, 1.54) is 43.3 Å². The summed E-state index contributed by atoms with van der Waals surface area (Å²) in [5, 5.41) is 0. The van der Waals surface area contributed by atoms with Gasteiger partial charge in [-0.05, 0) is 12.1 Å². The molecule has 0 amide bonds. The first-order valence-electron chi connectivity index (χ1n) is 7.80. The number of pyridine rings is 1. The number of nitrogens with zero attached hydrogens (tertiary/aromatic N) is 1. The van der Waals surface area contributed by atoms with Crippen LogP contribution >= 0.6 is 0 Å². The first kappa shape index (κ1) is 7.43. The minimum atomic E-state index is -2.62. The van der Waals surface area contributed by atoms with Gasteiger partial charge < -0.3 is 0 Å². The van der Waals surface area contributed by atoms with Crippen molar-refractivity contribution in [3.8, 4) is 0 Å². The molecule has 10 aliphatic rings. The molecule has 0 aliphatic carbocycles. The zero-order valence-corrected chi connectivity index (χ0v) is 11.8. The summed E-state index contributed by atoms with van der Waals surface area (Å²) in [5.74, 6) is 0. The van der Waals surface area contributed by atoms with Gasteiger partial charge in [-0.3, -0.25) is 4.98 Å². The van der Waals surface area contributed by atoms with Crippen molar-refractivity contribution in [1.82, 2.24) is 4.98 Å². The summed E-state index contributed by atoms with van der Waals surface area (Å²) in [6, 6.07) is 5.72. The van der Waals surface area contributed by atoms with Crippen molar-refractivity contribution in [1.29, 1.82) is 0 Å². The van der Waals surface area contributed by atoms with Gasteiger partial charge in [-0.1, -0.05) is 6.07 Å². The molecule has 0 bridgehead atoms. The third-order valence-electron chi connectivity index (χ3n) is 15.7. The summed E-state index contributed by atoms with van der Waals surface area (Å²) in [5.41, 5.74) is 0. The molecule has 1 nitrogen and oxygen atoms in total. The first-order chi connectivity index (χ1) is 9.11. The van der Waals surface area contributed by atoms with Crippen LogP contribution in [-0.2, 0) is 6.51 Å². The monoisotopic (exact) mass is 291 g/mol. The molecular weight excluding hydrogens is 274 g/mol. The molecule has 10 saturated heterocycles. The van der Waals surface area contributed by atoms with Gasteiger partial charge in [0.25, 0.3) is 0 Å². The summed E-state index contributed by atoms with van der Waals surface area (Å²) in [6.07, 6.45) is 6.07. The van der Waals surface area contributed by atoms with Crippen molar-refractivity contribution in [2.75, 3.05) is 0 Å². The van der Waals surface area contributed by atoms with E-state index in [1.807, 2.05) is 18.2 Å². The SMILES string of the molecule is C=C[C]12[CH]3[CH]4[CH]5[CH]1[Fe]45321678[CH]2[CH]1[CH]6[CH]7[CH]28.c1ccncc1. The van der Waals surface area contributed by atoms with Gasteiger partial charge in [-0.25, -0.2) is 0 Å². The van der Waals surface area contributed by atoms with Crippen LogP contribution in [0.25, 0.3) is 0 Å². The zero-order chi connectivity index (χ0) is 12.0. The first-order valence-corrected chi connectivity index (χ1v) is 14.1. The number of fused-ring (bicyclic) bond motifs is 10. The number of allylic oxidation sites excluding steroid dienone is 1. The van der Waals surface area contributed by atoms with Crippen molar-refractivity contribution in [2.24, 2.45) is 0 Å². The van der Waals surface area contributed by atoms with Crippen molar-refractivity contribution < 1.29 is 6.51 Å². The normalized spacial score (nSPS) is 106. The quantitative estimate of drug-likeness (QED) is 0.523. The van der Waals surface area contributed by atoms with Gasteiger partial charge in [0.15, 0.2) is 0 Å². The topological polar surface area (TPSA) is 12.9 Å². The van der Waals surface area contributed by atoms with Crippen LogP contribution in [0.2, 0.25) is 47.7 Å². The van der Waals surface area contributed by atoms with Crippen LogP contribution in [0.15, 0.2) is 43.2 Å². The Morgan fingerprint density at radius 2 is 1.37 bits per heavy atom. The van der Waals surface area contributed by atoms with E-state index >= 15 is 0 Å². The minimum Gasteiger partial charge on any atom is -0.265 e. The maximum atomic E-state index is 4.29. The number of hydrogen-bond donors (Lipinski definition) is 0. The predicted octanol–water partition coefficient (Wildman–Crippen LogP) is 5.01. The van der Waals surface area contributed by atoms with Crippen LogP contribution in [0.4, 0.5) is 0 Å². The Balaban J connectivity index is 0.000000105. The van der Waals surface area contributed by atoms with E-state index in [2.05, 4.69) is 17.6 Å². The van der Waals surface area contributed by atoms with Gasteiger partial charge in [0.1, 0.15) is 0 Å². The molecule has 11 heterocycles. The Bertz CT molecular complexity index is 996. The van der Waals surface area contributed by atoms with E-state index in [0.717, 1.165) is 4.31 Å². The third kappa shape index (κ3) is 0.0843. The van der Waals surface area contributed by atoms with Crippen molar-refractivity contribution in [3.05, 3.63) is 43.2 Å². The van der Waals surface area contributed by atoms with Gasteiger partial charge in [-0.15, -0.1) is 0 Å². The molecule has 2 heteroatoms. The van der Waals surface area contributed by atoms with Crippen molar-refractivity contribution in [2.45, 2.75) is 47.7 Å². The number of aromatic nitrogens is 1. The van der Waals surface area contributed by atoms with E-state index in [4.69, 9.17) is 0 Å². The van der Waals surface area contributed by atoms with Gasteiger partial charge in [0.05, 0.1) is 0 Å². The van der Waals surface area contributed by atoms with Crippen LogP contribution in [0.3, 0.4) is 0 Å². The fraction of sp³-hybridized carbons (Fsp3) is 0.588. The second-order valence-electron chi connectivity index (χ2n) is 11.0. The minimum absolute atomic E-state index is 0.999. The molecule has 19 heavy (non-hydrogen) atoms. The Hall–Kier alpha value is -0.591. The number of rotatable bonds is 1. The smallest absolute Gasteiger partial charge is 0.0267 e. The molecule has 4 unspecified atom stereocenters. The fourth-order valence-electron chi connectivity index (χ4n) is 17.2. The molecule has 0 aromatic carbocycles. The Morgan fingerprint density at radius 1 is 0.842 bits per heavy atom. The molecule has 1 spiro atoms. The maximum absolute atomic E-state index is 4.29. The van der Waals surface area contributed by atoms with E-state index in [-0.39, 0.29) is 0 Å². The molecule has 11 rings (SSSR count). The van der Waals surface area contributed by atoms with Crippen LogP contribution in [0, 0.1) is 0 Å². The molecule has 1 aromatic rings. The van der Waals surface area contributed by atoms with Gasteiger partial charge in [0.2, 0.25) is 0 Å². The van der Waals surface area contributed by atoms with E-state index in [1.54, 1.807) is 12.4 Å². The van der Waals surface area contributed by atoms with Gasteiger partial charge >= 0.3 is 66.8 Å². The van der Waals surface area contributed by atoms with Crippen molar-refractivity contribution >= 4 is 0 Å². The average molecular weight is 291 g/mol. The van der Waals surface area contributed by atoms with Crippen LogP contribution in [0.5, 0.6) is 0 Å². The van der Waals surface area contributed by atoms with Gasteiger partial charge in [-0.2, -0.15) is 0 Å². The van der Waals surface area contributed by atoms with Crippen LogP contribution < -0.4 is 0 Å². The van der Waals surface area contributed by atoms with Crippen LogP contribution in [0.1, 0.15) is 0 Å². The molecule has 1 aromatic heterocycles. The predicted molar refractivity (Wildman–Crippen MR) is 70.9 cm³/mol. The summed E-state index contributed by atoms with van der Waals surface area (Å²) in [4.78, 5) is 17.1. The van der Waals surface area contributed by atoms with E-state index in [0.29, 0.717) is 0 Å². The van der Waals surface area contributed by atoms with Gasteiger partial charge in [0, 0.05) is 12.4 Å². The van der Waals surface area contributed by atoms with Crippen molar-refractivity contribution in [3.63, 3.8) is 0 Å². The standard InChI is InChI=1S/C7H7.C5H5N.C5H5.Fe/c1-2-7-5-3-4-6-7;1-2-4-6-5-3-1;1-2-4-5-3-1;/h2-6H,1H2;1-5H;1-5H;. The fourth-order valence-corrected chi connectivity index (χ4v) is 91.2. The molecular formula is C17H17FeN. The Labute approximate surface area is 102 Å². The summed E-state index contributed by atoms with van der Waals surface area (Å²) < 4.78 is 0.999. The van der Waals surface area contributed by atoms with Crippen LogP contribution in [-0.4, -0.2) is 4.98 Å². The second kappa shape index (κ2) is 0.658.